The van der Waals surface area contributed by atoms with Crippen LogP contribution in [-0.2, 0) is 14.3 Å². The second kappa shape index (κ2) is 10.8. The molecule has 0 aliphatic heterocycles. The van der Waals surface area contributed by atoms with E-state index in [-0.39, 0.29) is 12.8 Å². The highest BCUT2D eigenvalue weighted by atomic mass is 16.5. The van der Waals surface area contributed by atoms with E-state index in [9.17, 15) is 9.59 Å². The minimum atomic E-state index is -0.969. The topological polar surface area (TPSA) is 83.8 Å². The van der Waals surface area contributed by atoms with Crippen molar-refractivity contribution in [2.45, 2.75) is 77.4 Å². The number of rotatable bonds is 11. The van der Waals surface area contributed by atoms with Crippen LogP contribution in [0.15, 0.2) is 0 Å². The standard InChI is InChI=1S/C14H26O5/c1-3-4-5-6-7-8-12(10-13(16)17)19-14(18)9-11(2)15/h11-12,15H,3-10H2,1-2H3,(H,16,17). The first-order valence-corrected chi connectivity index (χ1v) is 7.05. The van der Waals surface area contributed by atoms with E-state index < -0.39 is 24.1 Å². The van der Waals surface area contributed by atoms with Crippen LogP contribution in [0.3, 0.4) is 0 Å². The molecule has 0 aromatic heterocycles. The van der Waals surface area contributed by atoms with Crippen molar-refractivity contribution in [3.05, 3.63) is 0 Å². The second-order valence-electron chi connectivity index (χ2n) is 4.97. The fraction of sp³-hybridized carbons (Fsp3) is 0.857. The Balaban J connectivity index is 4.01. The smallest absolute Gasteiger partial charge is 0.308 e. The van der Waals surface area contributed by atoms with Gasteiger partial charge in [0, 0.05) is 0 Å². The van der Waals surface area contributed by atoms with Crippen molar-refractivity contribution in [3.63, 3.8) is 0 Å². The number of aliphatic carboxylic acids is 1. The number of aliphatic hydroxyl groups excluding tert-OH is 1. The SMILES string of the molecule is CCCCCCCC(CC(=O)O)OC(=O)CC(C)O. The highest BCUT2D eigenvalue weighted by Crippen LogP contribution is 2.13. The summed E-state index contributed by atoms with van der Waals surface area (Å²) in [4.78, 5) is 22.1. The Morgan fingerprint density at radius 3 is 2.26 bits per heavy atom. The molecular formula is C14H26O5. The van der Waals surface area contributed by atoms with E-state index in [0.29, 0.717) is 6.42 Å². The summed E-state index contributed by atoms with van der Waals surface area (Å²) < 4.78 is 5.10. The summed E-state index contributed by atoms with van der Waals surface area (Å²) >= 11 is 0. The molecule has 0 aliphatic rings. The Labute approximate surface area is 115 Å². The van der Waals surface area contributed by atoms with Gasteiger partial charge >= 0.3 is 11.9 Å². The summed E-state index contributed by atoms with van der Waals surface area (Å²) in [5, 5.41) is 17.9. The molecule has 0 spiro atoms. The van der Waals surface area contributed by atoms with Crippen molar-refractivity contribution in [1.29, 1.82) is 0 Å². The molecule has 2 N–H and O–H groups in total. The molecule has 0 saturated heterocycles. The van der Waals surface area contributed by atoms with E-state index in [1.165, 1.54) is 13.3 Å². The zero-order chi connectivity index (χ0) is 14.7. The lowest BCUT2D eigenvalue weighted by molar-refractivity contribution is -0.154. The molecule has 0 bridgehead atoms. The Bertz CT molecular complexity index is 263. The van der Waals surface area contributed by atoms with E-state index in [0.717, 1.165) is 25.7 Å². The van der Waals surface area contributed by atoms with Crippen LogP contribution in [0.5, 0.6) is 0 Å². The normalized spacial score (nSPS) is 13.8. The van der Waals surface area contributed by atoms with Crippen LogP contribution in [0.2, 0.25) is 0 Å². The minimum absolute atomic E-state index is 0.0913. The Hall–Kier alpha value is -1.10. The Morgan fingerprint density at radius 2 is 1.74 bits per heavy atom. The number of carboxylic acid groups (broad SMARTS) is 1. The maximum absolute atomic E-state index is 11.4. The van der Waals surface area contributed by atoms with Gasteiger partial charge in [0.2, 0.25) is 0 Å². The van der Waals surface area contributed by atoms with Gasteiger partial charge in [-0.1, -0.05) is 32.6 Å². The lowest BCUT2D eigenvalue weighted by Gasteiger charge is -2.16. The van der Waals surface area contributed by atoms with Crippen LogP contribution in [0, 0.1) is 0 Å². The highest BCUT2D eigenvalue weighted by Gasteiger charge is 2.18. The zero-order valence-corrected chi connectivity index (χ0v) is 11.9. The number of carbonyl (C=O) groups excluding carboxylic acids is 1. The number of esters is 1. The molecule has 0 radical (unpaired) electrons. The average molecular weight is 274 g/mol. The van der Waals surface area contributed by atoms with Gasteiger partial charge in [0.25, 0.3) is 0 Å². The van der Waals surface area contributed by atoms with Crippen molar-refractivity contribution in [2.75, 3.05) is 0 Å². The molecule has 112 valence electrons. The van der Waals surface area contributed by atoms with Gasteiger partial charge in [0.1, 0.15) is 6.10 Å². The fourth-order valence-electron chi connectivity index (χ4n) is 1.85. The Kier molecular flexibility index (Phi) is 10.2. The van der Waals surface area contributed by atoms with Crippen LogP contribution in [0.4, 0.5) is 0 Å². The molecule has 0 amide bonds. The predicted molar refractivity (Wildman–Crippen MR) is 71.8 cm³/mol. The molecule has 2 atom stereocenters. The number of hydrogen-bond acceptors (Lipinski definition) is 4. The summed E-state index contributed by atoms with van der Waals surface area (Å²) in [6.45, 7) is 3.63. The summed E-state index contributed by atoms with van der Waals surface area (Å²) in [6.07, 6.45) is 4.31. The lowest BCUT2D eigenvalue weighted by atomic mass is 10.1. The number of aliphatic hydroxyl groups is 1. The van der Waals surface area contributed by atoms with Gasteiger partial charge in [0.05, 0.1) is 18.9 Å². The number of ether oxygens (including phenoxy) is 1. The molecule has 2 unspecified atom stereocenters. The van der Waals surface area contributed by atoms with Crippen molar-refractivity contribution >= 4 is 11.9 Å². The molecule has 5 nitrogen and oxygen atoms in total. The van der Waals surface area contributed by atoms with E-state index in [4.69, 9.17) is 14.9 Å². The van der Waals surface area contributed by atoms with Crippen LogP contribution in [0.25, 0.3) is 0 Å². The van der Waals surface area contributed by atoms with Crippen LogP contribution >= 0.6 is 0 Å². The third-order valence-corrected chi connectivity index (χ3v) is 2.79. The maximum Gasteiger partial charge on any atom is 0.308 e. The van der Waals surface area contributed by atoms with E-state index >= 15 is 0 Å². The molecule has 0 aromatic carbocycles. The van der Waals surface area contributed by atoms with Gasteiger partial charge in [-0.3, -0.25) is 9.59 Å². The van der Waals surface area contributed by atoms with Gasteiger partial charge in [-0.25, -0.2) is 0 Å². The first kappa shape index (κ1) is 17.9. The summed E-state index contributed by atoms with van der Waals surface area (Å²) in [7, 11) is 0. The van der Waals surface area contributed by atoms with Crippen molar-refractivity contribution in [2.24, 2.45) is 0 Å². The number of unbranched alkanes of at least 4 members (excludes halogenated alkanes) is 4. The number of carboxylic acids is 1. The number of carbonyl (C=O) groups is 2. The van der Waals surface area contributed by atoms with Gasteiger partial charge in [-0.15, -0.1) is 0 Å². The molecule has 0 rings (SSSR count). The van der Waals surface area contributed by atoms with Crippen LogP contribution < -0.4 is 0 Å². The van der Waals surface area contributed by atoms with Gasteiger partial charge in [-0.05, 0) is 19.8 Å². The van der Waals surface area contributed by atoms with Crippen molar-refractivity contribution in [1.82, 2.24) is 0 Å². The fourth-order valence-corrected chi connectivity index (χ4v) is 1.85. The zero-order valence-electron chi connectivity index (χ0n) is 11.9. The summed E-state index contributed by atoms with van der Waals surface area (Å²) in [5.74, 6) is -1.50. The van der Waals surface area contributed by atoms with Crippen molar-refractivity contribution < 1.29 is 24.5 Å². The van der Waals surface area contributed by atoms with Gasteiger partial charge in [-0.2, -0.15) is 0 Å². The van der Waals surface area contributed by atoms with Crippen LogP contribution in [-0.4, -0.2) is 34.4 Å². The predicted octanol–water partition coefficient (Wildman–Crippen LogP) is 2.50. The quantitative estimate of drug-likeness (QED) is 0.447. The third-order valence-electron chi connectivity index (χ3n) is 2.79. The highest BCUT2D eigenvalue weighted by molar-refractivity contribution is 5.71. The molecule has 0 aliphatic carbocycles. The summed E-state index contributed by atoms with van der Waals surface area (Å²) in [6, 6.07) is 0. The van der Waals surface area contributed by atoms with E-state index in [2.05, 4.69) is 6.92 Å². The molecular weight excluding hydrogens is 248 g/mol. The molecule has 0 fully saturated rings. The first-order chi connectivity index (χ1) is 8.95. The largest absolute Gasteiger partial charge is 0.481 e. The van der Waals surface area contributed by atoms with Crippen LogP contribution in [0.1, 0.15) is 65.2 Å². The number of hydrogen-bond donors (Lipinski definition) is 2. The molecule has 0 aromatic rings. The van der Waals surface area contributed by atoms with E-state index in [1.54, 1.807) is 0 Å². The summed E-state index contributed by atoms with van der Waals surface area (Å²) in [5.41, 5.74) is 0. The molecule has 19 heavy (non-hydrogen) atoms. The third kappa shape index (κ3) is 11.7. The van der Waals surface area contributed by atoms with Crippen molar-refractivity contribution in [3.8, 4) is 0 Å². The van der Waals surface area contributed by atoms with Gasteiger partial charge in [0.15, 0.2) is 0 Å². The molecule has 5 heteroatoms. The van der Waals surface area contributed by atoms with Gasteiger partial charge < -0.3 is 14.9 Å². The monoisotopic (exact) mass is 274 g/mol. The molecule has 0 heterocycles. The minimum Gasteiger partial charge on any atom is -0.481 e. The average Bonchev–Trinajstić information content (AvgIpc) is 2.26. The second-order valence-corrected chi connectivity index (χ2v) is 4.97. The Morgan fingerprint density at radius 1 is 1.11 bits per heavy atom. The first-order valence-electron chi connectivity index (χ1n) is 7.05. The van der Waals surface area contributed by atoms with E-state index in [1.807, 2.05) is 0 Å². The lowest BCUT2D eigenvalue weighted by Crippen LogP contribution is -2.23. The molecule has 0 saturated carbocycles. The maximum atomic E-state index is 11.4.